The summed E-state index contributed by atoms with van der Waals surface area (Å²) >= 11 is 5.92. The molecule has 0 radical (unpaired) electrons. The Morgan fingerprint density at radius 1 is 1.69 bits per heavy atom. The Labute approximate surface area is 82.2 Å². The third kappa shape index (κ3) is 2.23. The van der Waals surface area contributed by atoms with E-state index in [0.717, 1.165) is 0 Å². The van der Waals surface area contributed by atoms with Crippen LogP contribution in [0.1, 0.15) is 6.92 Å². The van der Waals surface area contributed by atoms with Crippen LogP contribution < -0.4 is 10.8 Å². The summed E-state index contributed by atoms with van der Waals surface area (Å²) < 4.78 is 0. The molecule has 2 N–H and O–H groups in total. The molecule has 0 atom stereocenters. The van der Waals surface area contributed by atoms with Gasteiger partial charge in [-0.25, -0.2) is 10.0 Å². The smallest absolute Gasteiger partial charge is 0.171 e. The monoisotopic (exact) mass is 201 g/mol. The maximum atomic E-state index is 5.92. The molecule has 0 aromatic carbocycles. The van der Waals surface area contributed by atoms with Gasteiger partial charge in [0.1, 0.15) is 0 Å². The molecule has 0 fully saturated rings. The number of pyridine rings is 1. The highest BCUT2D eigenvalue weighted by atomic mass is 35.5. The summed E-state index contributed by atoms with van der Waals surface area (Å²) in [6.45, 7) is 2.62. The van der Waals surface area contributed by atoms with Gasteiger partial charge in [-0.15, -0.1) is 0 Å². The summed E-state index contributed by atoms with van der Waals surface area (Å²) in [6, 6.07) is 1.64. The van der Waals surface area contributed by atoms with Crippen LogP contribution in [0.15, 0.2) is 12.3 Å². The fraction of sp³-hybridized carbons (Fsp3) is 0.375. The number of nitrogen functional groups attached to an aromatic ring is 1. The molecular weight excluding hydrogens is 190 g/mol. The first-order valence-electron chi connectivity index (χ1n) is 3.91. The van der Waals surface area contributed by atoms with Crippen LogP contribution in [-0.4, -0.2) is 18.6 Å². The third-order valence-corrected chi connectivity index (χ3v) is 1.86. The molecule has 0 saturated heterocycles. The molecule has 0 aliphatic heterocycles. The zero-order chi connectivity index (χ0) is 9.84. The van der Waals surface area contributed by atoms with Crippen LogP contribution in [0.5, 0.6) is 0 Å². The standard InChI is InChI=1S/C8H12ClN3O/c1-3-12(13-2)8-7(9)4-6(10)5-11-8/h4-5H,3,10H2,1-2H3. The van der Waals surface area contributed by atoms with E-state index < -0.39 is 0 Å². The fourth-order valence-corrected chi connectivity index (χ4v) is 1.26. The quantitative estimate of drug-likeness (QED) is 0.757. The molecule has 0 aliphatic rings. The van der Waals surface area contributed by atoms with Gasteiger partial charge in [-0.3, -0.25) is 4.84 Å². The van der Waals surface area contributed by atoms with Crippen LogP contribution in [0.4, 0.5) is 11.5 Å². The number of halogens is 1. The molecule has 0 bridgehead atoms. The van der Waals surface area contributed by atoms with E-state index in [1.165, 1.54) is 0 Å². The Kier molecular flexibility index (Phi) is 3.33. The van der Waals surface area contributed by atoms with E-state index in [1.807, 2.05) is 6.92 Å². The maximum absolute atomic E-state index is 5.92. The van der Waals surface area contributed by atoms with E-state index in [2.05, 4.69) is 4.98 Å². The van der Waals surface area contributed by atoms with Crippen LogP contribution in [0, 0.1) is 0 Å². The lowest BCUT2D eigenvalue weighted by molar-refractivity contribution is 0.168. The number of rotatable bonds is 3. The highest BCUT2D eigenvalue weighted by molar-refractivity contribution is 6.33. The van der Waals surface area contributed by atoms with E-state index in [1.54, 1.807) is 24.4 Å². The molecular formula is C8H12ClN3O. The largest absolute Gasteiger partial charge is 0.397 e. The van der Waals surface area contributed by atoms with E-state index in [-0.39, 0.29) is 0 Å². The predicted octanol–water partition coefficient (Wildman–Crippen LogP) is 1.70. The molecule has 0 spiro atoms. The summed E-state index contributed by atoms with van der Waals surface area (Å²) in [5, 5.41) is 2.07. The first-order chi connectivity index (χ1) is 6.19. The fourth-order valence-electron chi connectivity index (χ4n) is 0.994. The van der Waals surface area contributed by atoms with Gasteiger partial charge in [0.2, 0.25) is 0 Å². The number of nitrogens with zero attached hydrogens (tertiary/aromatic N) is 2. The van der Waals surface area contributed by atoms with E-state index in [4.69, 9.17) is 22.2 Å². The van der Waals surface area contributed by atoms with Crippen molar-refractivity contribution in [2.45, 2.75) is 6.92 Å². The Hall–Kier alpha value is -1.00. The van der Waals surface area contributed by atoms with Gasteiger partial charge in [0.15, 0.2) is 5.82 Å². The molecule has 72 valence electrons. The molecule has 5 heteroatoms. The first-order valence-corrected chi connectivity index (χ1v) is 4.29. The van der Waals surface area contributed by atoms with Gasteiger partial charge < -0.3 is 5.73 Å². The summed E-state index contributed by atoms with van der Waals surface area (Å²) in [6.07, 6.45) is 1.54. The van der Waals surface area contributed by atoms with Crippen LogP contribution in [0.25, 0.3) is 0 Å². The maximum Gasteiger partial charge on any atom is 0.171 e. The second kappa shape index (κ2) is 4.30. The average Bonchev–Trinajstić information content (AvgIpc) is 2.10. The minimum atomic E-state index is 0.490. The van der Waals surface area contributed by atoms with E-state index in [9.17, 15) is 0 Å². The highest BCUT2D eigenvalue weighted by Gasteiger charge is 2.09. The van der Waals surface area contributed by atoms with Crippen molar-refractivity contribution in [1.29, 1.82) is 0 Å². The van der Waals surface area contributed by atoms with Crippen molar-refractivity contribution >= 4 is 23.1 Å². The second-order valence-corrected chi connectivity index (χ2v) is 2.86. The molecule has 0 saturated carbocycles. The number of hydrogen-bond donors (Lipinski definition) is 1. The minimum absolute atomic E-state index is 0.490. The highest BCUT2D eigenvalue weighted by Crippen LogP contribution is 2.24. The van der Waals surface area contributed by atoms with Gasteiger partial charge in [0.25, 0.3) is 0 Å². The molecule has 4 nitrogen and oxygen atoms in total. The lowest BCUT2D eigenvalue weighted by Crippen LogP contribution is -2.22. The number of nitrogens with two attached hydrogens (primary N) is 1. The minimum Gasteiger partial charge on any atom is -0.397 e. The van der Waals surface area contributed by atoms with Crippen LogP contribution in [-0.2, 0) is 4.84 Å². The SMILES string of the molecule is CCN(OC)c1ncc(N)cc1Cl. The Balaban J connectivity index is 2.99. The van der Waals surface area contributed by atoms with Crippen molar-refractivity contribution in [1.82, 2.24) is 4.98 Å². The van der Waals surface area contributed by atoms with Gasteiger partial charge in [0.05, 0.1) is 24.0 Å². The summed E-state index contributed by atoms with van der Waals surface area (Å²) in [4.78, 5) is 9.12. The summed E-state index contributed by atoms with van der Waals surface area (Å²) in [7, 11) is 1.57. The zero-order valence-corrected chi connectivity index (χ0v) is 8.38. The van der Waals surface area contributed by atoms with Crippen molar-refractivity contribution in [3.63, 3.8) is 0 Å². The summed E-state index contributed by atoms with van der Waals surface area (Å²) in [5.41, 5.74) is 6.05. The molecule has 1 aromatic rings. The molecule has 1 heterocycles. The van der Waals surface area contributed by atoms with Crippen molar-refractivity contribution in [2.24, 2.45) is 0 Å². The van der Waals surface area contributed by atoms with Gasteiger partial charge in [-0.2, -0.15) is 0 Å². The molecule has 1 rings (SSSR count). The van der Waals surface area contributed by atoms with Crippen LogP contribution >= 0.6 is 11.6 Å². The van der Waals surface area contributed by atoms with Crippen LogP contribution in [0.2, 0.25) is 5.02 Å². The van der Waals surface area contributed by atoms with Gasteiger partial charge in [-0.05, 0) is 13.0 Å². The number of anilines is 2. The topological polar surface area (TPSA) is 51.4 Å². The number of aromatic nitrogens is 1. The van der Waals surface area contributed by atoms with Crippen molar-refractivity contribution in [3.8, 4) is 0 Å². The lowest BCUT2D eigenvalue weighted by atomic mass is 10.4. The van der Waals surface area contributed by atoms with Crippen molar-refractivity contribution in [2.75, 3.05) is 24.5 Å². The first kappa shape index (κ1) is 10.1. The Morgan fingerprint density at radius 2 is 2.38 bits per heavy atom. The van der Waals surface area contributed by atoms with Gasteiger partial charge >= 0.3 is 0 Å². The molecule has 0 aliphatic carbocycles. The van der Waals surface area contributed by atoms with Crippen molar-refractivity contribution in [3.05, 3.63) is 17.3 Å². The number of hydrogen-bond acceptors (Lipinski definition) is 4. The van der Waals surface area contributed by atoms with Crippen molar-refractivity contribution < 1.29 is 4.84 Å². The predicted molar refractivity (Wildman–Crippen MR) is 53.7 cm³/mol. The normalized spacial score (nSPS) is 10.1. The summed E-state index contributed by atoms with van der Waals surface area (Å²) in [5.74, 6) is 0.584. The number of hydroxylamine groups is 1. The lowest BCUT2D eigenvalue weighted by Gasteiger charge is -2.19. The molecule has 0 unspecified atom stereocenters. The Bertz CT molecular complexity index is 289. The molecule has 1 aromatic heterocycles. The zero-order valence-electron chi connectivity index (χ0n) is 7.62. The Morgan fingerprint density at radius 3 is 2.85 bits per heavy atom. The van der Waals surface area contributed by atoms with Crippen LogP contribution in [0.3, 0.4) is 0 Å². The molecule has 13 heavy (non-hydrogen) atoms. The van der Waals surface area contributed by atoms with Gasteiger partial charge in [-0.1, -0.05) is 11.6 Å². The van der Waals surface area contributed by atoms with Gasteiger partial charge in [0, 0.05) is 6.54 Å². The van der Waals surface area contributed by atoms with E-state index in [0.29, 0.717) is 23.1 Å². The average molecular weight is 202 g/mol. The third-order valence-electron chi connectivity index (χ3n) is 1.59. The second-order valence-electron chi connectivity index (χ2n) is 2.45. The molecule has 0 amide bonds. The van der Waals surface area contributed by atoms with E-state index >= 15 is 0 Å².